The molecule has 2 heterocycles. The molecule has 1 aliphatic rings. The van der Waals surface area contributed by atoms with Crippen LogP contribution in [0.2, 0.25) is 10.0 Å². The lowest BCUT2D eigenvalue weighted by Gasteiger charge is -2.24. The Kier molecular flexibility index (Phi) is 6.64. The molecule has 10 heteroatoms. The van der Waals surface area contributed by atoms with Crippen molar-refractivity contribution in [1.82, 2.24) is 14.9 Å². The van der Waals surface area contributed by atoms with E-state index in [1.54, 1.807) is 23.1 Å². The number of carbonyl (C=O) groups is 1. The molecule has 1 aromatic heterocycles. The van der Waals surface area contributed by atoms with E-state index in [4.69, 9.17) is 43.1 Å². The van der Waals surface area contributed by atoms with Crippen LogP contribution in [0.3, 0.4) is 0 Å². The van der Waals surface area contributed by atoms with Crippen LogP contribution in [0.15, 0.2) is 30.6 Å². The van der Waals surface area contributed by atoms with Gasteiger partial charge in [-0.1, -0.05) is 35.3 Å². The summed E-state index contributed by atoms with van der Waals surface area (Å²) in [5, 5.41) is 1.30. The zero-order valence-electron chi connectivity index (χ0n) is 19.4. The van der Waals surface area contributed by atoms with E-state index in [1.807, 2.05) is 26.8 Å². The van der Waals surface area contributed by atoms with Crippen LogP contribution in [0.5, 0.6) is 11.5 Å². The number of aromatic nitrogens is 2. The van der Waals surface area contributed by atoms with Gasteiger partial charge in [-0.25, -0.2) is 14.8 Å². The predicted molar refractivity (Wildman–Crippen MR) is 133 cm³/mol. The zero-order chi connectivity index (χ0) is 24.6. The van der Waals surface area contributed by atoms with Gasteiger partial charge in [0.1, 0.15) is 35.3 Å². The minimum Gasteiger partial charge on any atom is -0.496 e. The number of amides is 1. The van der Waals surface area contributed by atoms with E-state index in [0.717, 1.165) is 0 Å². The molecule has 0 saturated carbocycles. The van der Waals surface area contributed by atoms with E-state index in [2.05, 4.69) is 9.97 Å². The van der Waals surface area contributed by atoms with Gasteiger partial charge in [-0.15, -0.1) is 0 Å². The number of likely N-dealkylation sites (tertiary alicyclic amines) is 1. The van der Waals surface area contributed by atoms with Crippen LogP contribution in [0.4, 0.5) is 10.6 Å². The Labute approximate surface area is 207 Å². The molecule has 0 bridgehead atoms. The highest BCUT2D eigenvalue weighted by Crippen LogP contribution is 2.46. The van der Waals surface area contributed by atoms with Crippen LogP contribution in [0.1, 0.15) is 27.2 Å². The number of halogens is 2. The van der Waals surface area contributed by atoms with Crippen LogP contribution >= 0.6 is 23.2 Å². The van der Waals surface area contributed by atoms with Gasteiger partial charge in [0.2, 0.25) is 0 Å². The average Bonchev–Trinajstić information content (AvgIpc) is 3.23. The largest absolute Gasteiger partial charge is 0.496 e. The molecule has 0 aliphatic carbocycles. The molecule has 0 radical (unpaired) electrons. The predicted octanol–water partition coefficient (Wildman–Crippen LogP) is 5.58. The highest BCUT2D eigenvalue weighted by Gasteiger charge is 2.32. The summed E-state index contributed by atoms with van der Waals surface area (Å²) in [4.78, 5) is 22.7. The van der Waals surface area contributed by atoms with Crippen molar-refractivity contribution in [1.29, 1.82) is 0 Å². The first-order chi connectivity index (χ1) is 16.1. The maximum absolute atomic E-state index is 12.5. The Morgan fingerprint density at radius 2 is 1.97 bits per heavy atom. The van der Waals surface area contributed by atoms with Crippen molar-refractivity contribution in [2.45, 2.75) is 38.9 Å². The van der Waals surface area contributed by atoms with Gasteiger partial charge in [-0.05, 0) is 26.8 Å². The SMILES string of the molecule is COc1cc(O[C@@H]2CCN(C(=O)OC(C)(C)C)C2)c(-c2cccc(Cl)c2Cl)c2ncnc(N)c12. The monoisotopic (exact) mass is 504 g/mol. The van der Waals surface area contributed by atoms with E-state index in [0.29, 0.717) is 63.1 Å². The van der Waals surface area contributed by atoms with Crippen molar-refractivity contribution < 1.29 is 19.0 Å². The lowest BCUT2D eigenvalue weighted by Crippen LogP contribution is -2.36. The van der Waals surface area contributed by atoms with Gasteiger partial charge in [-0.2, -0.15) is 0 Å². The second-order valence-corrected chi connectivity index (χ2v) is 9.78. The Balaban J connectivity index is 1.77. The van der Waals surface area contributed by atoms with Crippen molar-refractivity contribution >= 4 is 46.0 Å². The van der Waals surface area contributed by atoms with Crippen molar-refractivity contribution in [3.05, 3.63) is 40.6 Å². The summed E-state index contributed by atoms with van der Waals surface area (Å²) in [6.07, 6.45) is 1.37. The fourth-order valence-corrected chi connectivity index (χ4v) is 4.31. The first kappa shape index (κ1) is 24.2. The van der Waals surface area contributed by atoms with E-state index < -0.39 is 5.60 Å². The molecule has 8 nitrogen and oxygen atoms in total. The molecule has 1 aliphatic heterocycles. The van der Waals surface area contributed by atoms with Crippen LogP contribution in [-0.4, -0.2) is 52.9 Å². The summed E-state index contributed by atoms with van der Waals surface area (Å²) < 4.78 is 17.5. The Morgan fingerprint density at radius 1 is 1.21 bits per heavy atom. The summed E-state index contributed by atoms with van der Waals surface area (Å²) in [7, 11) is 1.54. The second-order valence-electron chi connectivity index (χ2n) is 8.99. The summed E-state index contributed by atoms with van der Waals surface area (Å²) in [5.41, 5.74) is 7.38. The van der Waals surface area contributed by atoms with Crippen molar-refractivity contribution in [2.75, 3.05) is 25.9 Å². The van der Waals surface area contributed by atoms with Gasteiger partial charge in [-0.3, -0.25) is 0 Å². The normalized spacial score (nSPS) is 16.1. The van der Waals surface area contributed by atoms with Gasteiger partial charge in [0.25, 0.3) is 0 Å². The number of hydrogen-bond donors (Lipinski definition) is 1. The maximum Gasteiger partial charge on any atom is 0.410 e. The molecule has 3 aromatic rings. The number of methoxy groups -OCH3 is 1. The number of nitrogens with two attached hydrogens (primary N) is 1. The standard InChI is InChI=1S/C24H26Cl2N4O4/c1-24(2,3)34-23(31)30-9-8-13(11-30)33-17-10-16(32-4)19-21(28-12-29-22(19)27)18(17)14-6-5-7-15(25)20(14)26/h5-7,10,12-13H,8-9,11H2,1-4H3,(H2,27,28,29)/t13-/m1/s1. The number of ether oxygens (including phenoxy) is 3. The zero-order valence-corrected chi connectivity index (χ0v) is 20.9. The number of rotatable bonds is 4. The third-order valence-corrected chi connectivity index (χ3v) is 6.22. The lowest BCUT2D eigenvalue weighted by molar-refractivity contribution is 0.0276. The van der Waals surface area contributed by atoms with Gasteiger partial charge >= 0.3 is 6.09 Å². The fraction of sp³-hybridized carbons (Fsp3) is 0.375. The lowest BCUT2D eigenvalue weighted by atomic mass is 10.00. The summed E-state index contributed by atoms with van der Waals surface area (Å²) >= 11 is 12.9. The molecule has 180 valence electrons. The molecule has 34 heavy (non-hydrogen) atoms. The molecule has 1 saturated heterocycles. The first-order valence-corrected chi connectivity index (χ1v) is 11.5. The number of nitrogen functional groups attached to an aromatic ring is 1. The summed E-state index contributed by atoms with van der Waals surface area (Å²) in [6.45, 7) is 6.41. The first-order valence-electron chi connectivity index (χ1n) is 10.8. The van der Waals surface area contributed by atoms with Crippen molar-refractivity contribution in [3.63, 3.8) is 0 Å². The molecule has 4 rings (SSSR count). The highest BCUT2D eigenvalue weighted by atomic mass is 35.5. The molecule has 1 atom stereocenters. The molecular formula is C24H26Cl2N4O4. The average molecular weight is 505 g/mol. The number of anilines is 1. The third-order valence-electron chi connectivity index (χ3n) is 5.40. The summed E-state index contributed by atoms with van der Waals surface area (Å²) in [6, 6.07) is 7.08. The topological polar surface area (TPSA) is 99.8 Å². The quantitative estimate of drug-likeness (QED) is 0.494. The van der Waals surface area contributed by atoms with Crippen LogP contribution < -0.4 is 15.2 Å². The van der Waals surface area contributed by atoms with E-state index in [1.165, 1.54) is 13.4 Å². The van der Waals surface area contributed by atoms with Crippen molar-refractivity contribution in [3.8, 4) is 22.6 Å². The Morgan fingerprint density at radius 3 is 2.68 bits per heavy atom. The summed E-state index contributed by atoms with van der Waals surface area (Å²) in [5.74, 6) is 1.22. The van der Waals surface area contributed by atoms with Crippen LogP contribution in [0.25, 0.3) is 22.0 Å². The van der Waals surface area contributed by atoms with E-state index >= 15 is 0 Å². The number of fused-ring (bicyclic) bond motifs is 1. The molecule has 1 amide bonds. The second kappa shape index (κ2) is 9.35. The van der Waals surface area contributed by atoms with E-state index in [9.17, 15) is 4.79 Å². The van der Waals surface area contributed by atoms with Gasteiger partial charge in [0.05, 0.1) is 40.2 Å². The third kappa shape index (κ3) is 4.79. The number of nitrogens with zero attached hydrogens (tertiary/aromatic N) is 3. The molecule has 2 N–H and O–H groups in total. The molecule has 0 unspecified atom stereocenters. The van der Waals surface area contributed by atoms with E-state index in [-0.39, 0.29) is 18.0 Å². The minimum atomic E-state index is -0.572. The smallest absolute Gasteiger partial charge is 0.410 e. The van der Waals surface area contributed by atoms with Gasteiger partial charge in [0.15, 0.2) is 0 Å². The molecule has 0 spiro atoms. The fourth-order valence-electron chi connectivity index (χ4n) is 3.92. The molecular weight excluding hydrogens is 479 g/mol. The Bertz CT molecular complexity index is 1250. The number of benzene rings is 2. The Hall–Kier alpha value is -2.97. The van der Waals surface area contributed by atoms with Gasteiger partial charge < -0.3 is 24.8 Å². The van der Waals surface area contributed by atoms with Crippen molar-refractivity contribution in [2.24, 2.45) is 0 Å². The maximum atomic E-state index is 12.5. The molecule has 1 fully saturated rings. The number of carbonyl (C=O) groups excluding carboxylic acids is 1. The number of hydrogen-bond acceptors (Lipinski definition) is 7. The minimum absolute atomic E-state index is 0.268. The van der Waals surface area contributed by atoms with Crippen LogP contribution in [0, 0.1) is 0 Å². The van der Waals surface area contributed by atoms with Gasteiger partial charge in [0, 0.05) is 24.6 Å². The van der Waals surface area contributed by atoms with Crippen LogP contribution in [-0.2, 0) is 4.74 Å². The highest BCUT2D eigenvalue weighted by molar-refractivity contribution is 6.44. The molecule has 2 aromatic carbocycles.